The maximum Gasteiger partial charge on any atom is 0.229 e. The third-order valence-electron chi connectivity index (χ3n) is 9.30. The number of likely N-dealkylation sites (tertiary alicyclic amines) is 1. The second kappa shape index (κ2) is 7.27. The number of thioether (sulfide) groups is 1. The normalized spacial score (nSPS) is 41.4. The van der Waals surface area contributed by atoms with E-state index in [2.05, 4.69) is 67.8 Å². The summed E-state index contributed by atoms with van der Waals surface area (Å²) in [5, 5.41) is 0. The highest BCUT2D eigenvalue weighted by Gasteiger charge is 2.71. The van der Waals surface area contributed by atoms with E-state index in [0.29, 0.717) is 17.7 Å². The molecule has 2 N–H and O–H groups in total. The number of nitrogens with zero attached hydrogens (tertiary/aromatic N) is 1. The standard InChI is InChI=1S/C26H38N2OS/c1-4-30-15-20-18-12-25(19-8-6-5-7-9-19)14-21(20)26(13-18,16-25)23(29)28-11-10-22(27)24(2,3)17-28/h5-9,18,20-22H,4,10-17,27H2,1-3H3/t18?,20?,21?,22-,25?,26?/m0/s1. The maximum atomic E-state index is 14.2. The van der Waals surface area contributed by atoms with Gasteiger partial charge in [0.05, 0.1) is 5.41 Å². The van der Waals surface area contributed by atoms with Crippen LogP contribution in [0.3, 0.4) is 0 Å². The van der Waals surface area contributed by atoms with Crippen molar-refractivity contribution >= 4 is 17.7 Å². The average molecular weight is 427 g/mol. The quantitative estimate of drug-likeness (QED) is 0.742. The molecule has 5 fully saturated rings. The molecule has 5 aliphatic rings. The van der Waals surface area contributed by atoms with Crippen LogP contribution in [0.5, 0.6) is 0 Å². The van der Waals surface area contributed by atoms with Crippen LogP contribution in [0.2, 0.25) is 0 Å². The number of carbonyl (C=O) groups excluding carboxylic acids is 1. The highest BCUT2D eigenvalue weighted by atomic mass is 32.2. The summed E-state index contributed by atoms with van der Waals surface area (Å²) in [7, 11) is 0. The molecule has 0 radical (unpaired) electrons. The van der Waals surface area contributed by atoms with Crippen LogP contribution >= 0.6 is 11.8 Å². The van der Waals surface area contributed by atoms with E-state index >= 15 is 0 Å². The molecule has 3 nitrogen and oxygen atoms in total. The van der Waals surface area contributed by atoms with E-state index in [-0.39, 0.29) is 22.3 Å². The van der Waals surface area contributed by atoms with Crippen LogP contribution in [0, 0.1) is 28.6 Å². The summed E-state index contributed by atoms with van der Waals surface area (Å²) in [6, 6.07) is 11.3. The fourth-order valence-corrected chi connectivity index (χ4v) is 8.87. The first kappa shape index (κ1) is 20.9. The highest BCUT2D eigenvalue weighted by molar-refractivity contribution is 7.99. The van der Waals surface area contributed by atoms with Crippen LogP contribution < -0.4 is 5.73 Å². The number of hydrogen-bond acceptors (Lipinski definition) is 3. The SMILES string of the molecule is CCSCC1C2CC3(c4ccccc4)CC1C(C(=O)N1CC[C@H](N)C(C)(C)C1)(C2)C3. The van der Waals surface area contributed by atoms with E-state index in [9.17, 15) is 4.79 Å². The van der Waals surface area contributed by atoms with Gasteiger partial charge in [0.2, 0.25) is 5.91 Å². The first-order chi connectivity index (χ1) is 14.3. The number of nitrogens with two attached hydrogens (primary N) is 1. The zero-order chi connectivity index (χ0) is 21.1. The van der Waals surface area contributed by atoms with Gasteiger partial charge in [0, 0.05) is 19.1 Å². The maximum absolute atomic E-state index is 14.2. The second-order valence-electron chi connectivity index (χ2n) is 11.4. The predicted octanol–water partition coefficient (Wildman–Crippen LogP) is 4.70. The number of piperidine rings is 1. The van der Waals surface area contributed by atoms with Gasteiger partial charge in [0.25, 0.3) is 0 Å². The molecule has 6 rings (SSSR count). The Balaban J connectivity index is 1.48. The number of benzene rings is 1. The van der Waals surface area contributed by atoms with Crippen LogP contribution in [-0.4, -0.2) is 41.4 Å². The first-order valence-corrected chi connectivity index (χ1v) is 13.1. The Kier molecular flexibility index (Phi) is 5.06. The van der Waals surface area contributed by atoms with Crippen molar-refractivity contribution in [2.45, 2.75) is 64.3 Å². The summed E-state index contributed by atoms with van der Waals surface area (Å²) in [6.07, 6.45) is 5.63. The minimum atomic E-state index is -0.130. The summed E-state index contributed by atoms with van der Waals surface area (Å²) in [5.41, 5.74) is 7.98. The largest absolute Gasteiger partial charge is 0.342 e. The highest BCUT2D eigenvalue weighted by Crippen LogP contribution is 2.73. The van der Waals surface area contributed by atoms with Gasteiger partial charge < -0.3 is 10.6 Å². The summed E-state index contributed by atoms with van der Waals surface area (Å²) >= 11 is 2.08. The van der Waals surface area contributed by atoms with E-state index < -0.39 is 0 Å². The molecular weight excluding hydrogens is 388 g/mol. The second-order valence-corrected chi connectivity index (χ2v) is 12.7. The van der Waals surface area contributed by atoms with Crippen molar-refractivity contribution in [1.82, 2.24) is 4.90 Å². The minimum Gasteiger partial charge on any atom is -0.342 e. The molecule has 164 valence electrons. The fraction of sp³-hybridized carbons (Fsp3) is 0.731. The van der Waals surface area contributed by atoms with E-state index in [0.717, 1.165) is 38.3 Å². The Morgan fingerprint density at radius 1 is 1.20 bits per heavy atom. The van der Waals surface area contributed by atoms with Crippen LogP contribution in [0.15, 0.2) is 30.3 Å². The van der Waals surface area contributed by atoms with Gasteiger partial charge in [0.15, 0.2) is 0 Å². The van der Waals surface area contributed by atoms with E-state index in [1.54, 1.807) is 0 Å². The Hall–Kier alpha value is -1.00. The first-order valence-electron chi connectivity index (χ1n) is 12.0. The van der Waals surface area contributed by atoms with Gasteiger partial charge in [-0.1, -0.05) is 51.1 Å². The smallest absolute Gasteiger partial charge is 0.229 e. The third-order valence-corrected chi connectivity index (χ3v) is 10.3. The molecule has 1 aromatic rings. The number of rotatable bonds is 5. The Labute approximate surface area is 186 Å². The van der Waals surface area contributed by atoms with Gasteiger partial charge in [-0.05, 0) is 77.8 Å². The van der Waals surface area contributed by atoms with Crippen molar-refractivity contribution in [3.8, 4) is 0 Å². The average Bonchev–Trinajstić information content (AvgIpc) is 3.11. The molecule has 0 spiro atoms. The van der Waals surface area contributed by atoms with Gasteiger partial charge in [-0.2, -0.15) is 11.8 Å². The molecule has 1 aliphatic heterocycles. The van der Waals surface area contributed by atoms with Crippen LogP contribution in [0.1, 0.15) is 58.4 Å². The molecule has 1 amide bonds. The van der Waals surface area contributed by atoms with Crippen LogP contribution in [-0.2, 0) is 10.2 Å². The summed E-state index contributed by atoms with van der Waals surface area (Å²) in [6.45, 7) is 8.40. The summed E-state index contributed by atoms with van der Waals surface area (Å²) < 4.78 is 0. The number of amides is 1. The van der Waals surface area contributed by atoms with Crippen LogP contribution in [0.25, 0.3) is 0 Å². The Morgan fingerprint density at radius 2 is 1.97 bits per heavy atom. The lowest BCUT2D eigenvalue weighted by Crippen LogP contribution is -2.57. The van der Waals surface area contributed by atoms with Gasteiger partial charge in [-0.3, -0.25) is 4.79 Å². The topological polar surface area (TPSA) is 46.3 Å². The zero-order valence-electron chi connectivity index (χ0n) is 18.9. The van der Waals surface area contributed by atoms with Crippen molar-refractivity contribution in [1.29, 1.82) is 0 Å². The Morgan fingerprint density at radius 3 is 2.67 bits per heavy atom. The van der Waals surface area contributed by atoms with Gasteiger partial charge in [0.1, 0.15) is 0 Å². The monoisotopic (exact) mass is 426 g/mol. The Bertz CT molecular complexity index is 811. The molecule has 4 aliphatic carbocycles. The molecular formula is C26H38N2OS. The van der Waals surface area contributed by atoms with E-state index in [1.807, 2.05) is 0 Å². The number of carbonyl (C=O) groups is 1. The van der Waals surface area contributed by atoms with Crippen molar-refractivity contribution in [3.63, 3.8) is 0 Å². The molecule has 1 heterocycles. The molecule has 5 unspecified atom stereocenters. The van der Waals surface area contributed by atoms with E-state index in [1.165, 1.54) is 29.9 Å². The van der Waals surface area contributed by atoms with Crippen molar-refractivity contribution in [3.05, 3.63) is 35.9 Å². The molecule has 6 atom stereocenters. The fourth-order valence-electron chi connectivity index (χ4n) is 7.86. The van der Waals surface area contributed by atoms with Crippen molar-refractivity contribution in [2.24, 2.45) is 34.3 Å². The molecule has 0 aromatic heterocycles. The summed E-state index contributed by atoms with van der Waals surface area (Å²) in [5.74, 6) is 4.88. The molecule has 4 bridgehead atoms. The van der Waals surface area contributed by atoms with Crippen molar-refractivity contribution < 1.29 is 4.79 Å². The lowest BCUT2D eigenvalue weighted by atomic mass is 9.62. The van der Waals surface area contributed by atoms with Gasteiger partial charge >= 0.3 is 0 Å². The summed E-state index contributed by atoms with van der Waals surface area (Å²) in [4.78, 5) is 16.5. The van der Waals surface area contributed by atoms with Gasteiger partial charge in [-0.15, -0.1) is 0 Å². The van der Waals surface area contributed by atoms with Crippen molar-refractivity contribution in [2.75, 3.05) is 24.6 Å². The molecule has 4 heteroatoms. The molecule has 1 saturated heterocycles. The van der Waals surface area contributed by atoms with E-state index in [4.69, 9.17) is 5.73 Å². The zero-order valence-corrected chi connectivity index (χ0v) is 19.7. The lowest BCUT2D eigenvalue weighted by Gasteiger charge is -2.47. The predicted molar refractivity (Wildman–Crippen MR) is 125 cm³/mol. The minimum absolute atomic E-state index is 0.00869. The van der Waals surface area contributed by atoms with Gasteiger partial charge in [-0.25, -0.2) is 0 Å². The number of hydrogen-bond donors (Lipinski definition) is 1. The third kappa shape index (κ3) is 3.00. The van der Waals surface area contributed by atoms with Crippen LogP contribution in [0.4, 0.5) is 0 Å². The molecule has 1 aromatic carbocycles. The molecule has 4 saturated carbocycles. The lowest BCUT2D eigenvalue weighted by molar-refractivity contribution is -0.148. The molecule has 30 heavy (non-hydrogen) atoms.